The Morgan fingerprint density at radius 2 is 1.50 bits per heavy atom. The third-order valence-corrected chi connectivity index (χ3v) is 4.22. The molecular weight excluding hydrogens is 262 g/mol. The van der Waals surface area contributed by atoms with Crippen LogP contribution in [0.15, 0.2) is 0 Å². The Labute approximate surface area is 118 Å². The second-order valence-electron chi connectivity index (χ2n) is 5.54. The molecule has 2 saturated heterocycles. The lowest BCUT2D eigenvalue weighted by molar-refractivity contribution is -0.143. The van der Waals surface area contributed by atoms with E-state index in [-0.39, 0.29) is 12.1 Å². The zero-order valence-corrected chi connectivity index (χ0v) is 11.9. The lowest BCUT2D eigenvalue weighted by Gasteiger charge is -2.40. The van der Waals surface area contributed by atoms with E-state index in [2.05, 4.69) is 0 Å². The first-order valence-corrected chi connectivity index (χ1v) is 7.18. The van der Waals surface area contributed by atoms with Crippen molar-refractivity contribution in [2.75, 3.05) is 39.3 Å². The topological polar surface area (TPSA) is 84.3 Å². The molecule has 2 fully saturated rings. The maximum Gasteiger partial charge on any atom is 0.320 e. The van der Waals surface area contributed by atoms with Gasteiger partial charge in [0, 0.05) is 39.3 Å². The molecule has 0 aromatic rings. The van der Waals surface area contributed by atoms with E-state index in [4.69, 9.17) is 5.11 Å². The summed E-state index contributed by atoms with van der Waals surface area (Å²) in [5, 5.41) is 18.4. The van der Waals surface area contributed by atoms with E-state index < -0.39 is 12.0 Å². The highest BCUT2D eigenvalue weighted by Gasteiger charge is 2.30. The van der Waals surface area contributed by atoms with Crippen LogP contribution < -0.4 is 0 Å². The van der Waals surface area contributed by atoms with Gasteiger partial charge in [-0.05, 0) is 19.8 Å². The Morgan fingerprint density at radius 1 is 1.00 bits per heavy atom. The van der Waals surface area contributed by atoms with E-state index >= 15 is 0 Å². The summed E-state index contributed by atoms with van der Waals surface area (Å²) in [7, 11) is 0. The number of aliphatic hydroxyl groups is 1. The minimum absolute atomic E-state index is 0.0135. The molecule has 1 unspecified atom stereocenters. The van der Waals surface area contributed by atoms with Crippen LogP contribution in [0.4, 0.5) is 4.79 Å². The summed E-state index contributed by atoms with van der Waals surface area (Å²) in [6, 6.07) is -0.489. The van der Waals surface area contributed by atoms with Gasteiger partial charge in [-0.3, -0.25) is 9.69 Å². The molecule has 0 saturated carbocycles. The van der Waals surface area contributed by atoms with Crippen LogP contribution in [0, 0.1) is 0 Å². The van der Waals surface area contributed by atoms with Gasteiger partial charge < -0.3 is 20.0 Å². The fourth-order valence-corrected chi connectivity index (χ4v) is 2.71. The van der Waals surface area contributed by atoms with Gasteiger partial charge in [-0.1, -0.05) is 0 Å². The van der Waals surface area contributed by atoms with Crippen LogP contribution in [-0.2, 0) is 4.79 Å². The predicted octanol–water partition coefficient (Wildman–Crippen LogP) is -0.346. The first kappa shape index (κ1) is 15.1. The molecule has 2 aliphatic heterocycles. The maximum absolute atomic E-state index is 12.3. The third-order valence-electron chi connectivity index (χ3n) is 4.22. The summed E-state index contributed by atoms with van der Waals surface area (Å²) in [6.45, 7) is 5.19. The molecular formula is C13H23N3O4. The minimum Gasteiger partial charge on any atom is -0.480 e. The third kappa shape index (κ3) is 3.40. The van der Waals surface area contributed by atoms with Crippen LogP contribution >= 0.6 is 0 Å². The van der Waals surface area contributed by atoms with Gasteiger partial charge >= 0.3 is 12.0 Å². The first-order chi connectivity index (χ1) is 9.49. The number of piperidine rings is 1. The monoisotopic (exact) mass is 285 g/mol. The van der Waals surface area contributed by atoms with Crippen LogP contribution in [0.3, 0.4) is 0 Å². The van der Waals surface area contributed by atoms with E-state index in [0.717, 1.165) is 0 Å². The molecule has 2 N–H and O–H groups in total. The zero-order valence-electron chi connectivity index (χ0n) is 11.9. The molecule has 2 heterocycles. The number of piperazine rings is 1. The highest BCUT2D eigenvalue weighted by molar-refractivity contribution is 5.75. The second kappa shape index (κ2) is 6.41. The number of hydrogen-bond donors (Lipinski definition) is 2. The van der Waals surface area contributed by atoms with Crippen molar-refractivity contribution in [3.8, 4) is 0 Å². The summed E-state index contributed by atoms with van der Waals surface area (Å²) >= 11 is 0. The quantitative estimate of drug-likeness (QED) is 0.725. The minimum atomic E-state index is -0.824. The van der Waals surface area contributed by atoms with Crippen LogP contribution in [0.25, 0.3) is 0 Å². The fraction of sp³-hybridized carbons (Fsp3) is 0.846. The van der Waals surface area contributed by atoms with E-state index in [1.807, 2.05) is 4.90 Å². The number of amides is 2. The number of carboxylic acid groups (broad SMARTS) is 1. The van der Waals surface area contributed by atoms with E-state index in [0.29, 0.717) is 52.1 Å². The Balaban J connectivity index is 1.81. The molecule has 7 nitrogen and oxygen atoms in total. The molecule has 7 heteroatoms. The zero-order chi connectivity index (χ0) is 14.7. The molecule has 2 amide bonds. The molecule has 2 aliphatic rings. The van der Waals surface area contributed by atoms with Gasteiger partial charge in [0.2, 0.25) is 0 Å². The molecule has 20 heavy (non-hydrogen) atoms. The molecule has 1 atom stereocenters. The van der Waals surface area contributed by atoms with Gasteiger partial charge in [0.1, 0.15) is 6.04 Å². The normalized spacial score (nSPS) is 23.7. The second-order valence-corrected chi connectivity index (χ2v) is 5.54. The smallest absolute Gasteiger partial charge is 0.320 e. The van der Waals surface area contributed by atoms with Gasteiger partial charge in [0.05, 0.1) is 6.10 Å². The number of carbonyl (C=O) groups excluding carboxylic acids is 1. The number of aliphatic hydroxyl groups excluding tert-OH is 1. The molecule has 0 aromatic carbocycles. The maximum atomic E-state index is 12.3. The van der Waals surface area contributed by atoms with Crippen LogP contribution in [0.1, 0.15) is 19.8 Å². The van der Waals surface area contributed by atoms with Gasteiger partial charge in [0.15, 0.2) is 0 Å². The summed E-state index contributed by atoms with van der Waals surface area (Å²) in [4.78, 5) is 28.7. The van der Waals surface area contributed by atoms with Gasteiger partial charge in [-0.25, -0.2) is 4.79 Å². The number of rotatable bonds is 2. The van der Waals surface area contributed by atoms with Crippen molar-refractivity contribution in [1.82, 2.24) is 14.7 Å². The Morgan fingerprint density at radius 3 is 2.00 bits per heavy atom. The SMILES string of the molecule is CC(C(=O)O)N1CCN(C(=O)N2CCC(O)CC2)CC1. The van der Waals surface area contributed by atoms with Crippen molar-refractivity contribution >= 4 is 12.0 Å². The number of aliphatic carboxylic acids is 1. The lowest BCUT2D eigenvalue weighted by atomic mass is 10.1. The van der Waals surface area contributed by atoms with Crippen LogP contribution in [0.2, 0.25) is 0 Å². The van der Waals surface area contributed by atoms with Gasteiger partial charge in [0.25, 0.3) is 0 Å². The van der Waals surface area contributed by atoms with Gasteiger partial charge in [-0.15, -0.1) is 0 Å². The number of carbonyl (C=O) groups is 2. The summed E-state index contributed by atoms with van der Waals surface area (Å²) in [5.41, 5.74) is 0. The number of urea groups is 1. The van der Waals surface area contributed by atoms with Gasteiger partial charge in [-0.2, -0.15) is 0 Å². The van der Waals surface area contributed by atoms with Crippen molar-refractivity contribution in [2.24, 2.45) is 0 Å². The number of carboxylic acids is 1. The molecule has 0 radical (unpaired) electrons. The van der Waals surface area contributed by atoms with Crippen molar-refractivity contribution in [1.29, 1.82) is 0 Å². The number of hydrogen-bond acceptors (Lipinski definition) is 4. The first-order valence-electron chi connectivity index (χ1n) is 7.18. The van der Waals surface area contributed by atoms with Crippen molar-refractivity contribution < 1.29 is 19.8 Å². The van der Waals surface area contributed by atoms with Crippen molar-refractivity contribution in [2.45, 2.75) is 31.9 Å². The average molecular weight is 285 g/mol. The van der Waals surface area contributed by atoms with E-state index in [1.54, 1.807) is 16.7 Å². The molecule has 0 aromatic heterocycles. The predicted molar refractivity (Wildman–Crippen MR) is 72.5 cm³/mol. The van der Waals surface area contributed by atoms with E-state index in [1.165, 1.54) is 0 Å². The lowest BCUT2D eigenvalue weighted by Crippen LogP contribution is -2.56. The number of likely N-dealkylation sites (tertiary alicyclic amines) is 1. The highest BCUT2D eigenvalue weighted by atomic mass is 16.4. The summed E-state index contributed by atoms with van der Waals surface area (Å²) in [6.07, 6.45) is 0.996. The Kier molecular flexibility index (Phi) is 4.82. The van der Waals surface area contributed by atoms with Crippen molar-refractivity contribution in [3.05, 3.63) is 0 Å². The van der Waals surface area contributed by atoms with Crippen LogP contribution in [-0.4, -0.2) is 88.3 Å². The summed E-state index contributed by atoms with van der Waals surface area (Å²) in [5.74, 6) is -0.824. The average Bonchev–Trinajstić information content (AvgIpc) is 2.46. The summed E-state index contributed by atoms with van der Waals surface area (Å²) < 4.78 is 0. The highest BCUT2D eigenvalue weighted by Crippen LogP contribution is 2.14. The molecule has 0 spiro atoms. The molecule has 114 valence electrons. The van der Waals surface area contributed by atoms with E-state index in [9.17, 15) is 14.7 Å². The molecule has 2 rings (SSSR count). The number of nitrogens with zero attached hydrogens (tertiary/aromatic N) is 3. The Hall–Kier alpha value is -1.34. The molecule has 0 bridgehead atoms. The Bertz CT molecular complexity index is 361. The largest absolute Gasteiger partial charge is 0.480 e. The molecule has 0 aliphatic carbocycles. The standard InChI is InChI=1S/C13H23N3O4/c1-10(12(18)19)14-6-8-16(9-7-14)13(20)15-4-2-11(17)3-5-15/h10-11,17H,2-9H2,1H3,(H,18,19). The fourth-order valence-electron chi connectivity index (χ4n) is 2.71. The van der Waals surface area contributed by atoms with Crippen molar-refractivity contribution in [3.63, 3.8) is 0 Å². The van der Waals surface area contributed by atoms with Crippen LogP contribution in [0.5, 0.6) is 0 Å².